The van der Waals surface area contributed by atoms with Gasteiger partial charge >= 0.3 is 5.97 Å². The van der Waals surface area contributed by atoms with Crippen LogP contribution in [-0.2, 0) is 9.53 Å². The summed E-state index contributed by atoms with van der Waals surface area (Å²) in [4.78, 5) is 14.8. The zero-order chi connectivity index (χ0) is 34.9. The van der Waals surface area contributed by atoms with Crippen molar-refractivity contribution in [2.75, 3.05) is 13.7 Å². The summed E-state index contributed by atoms with van der Waals surface area (Å²) in [5.41, 5.74) is 3.42. The van der Waals surface area contributed by atoms with Gasteiger partial charge in [-0.15, -0.1) is 0 Å². The SMILES string of the molecule is CC(C)CCC[C@@H](C)[C@H]1CC[C@H]2[C@@H]3CC=C4C[C@@H](O)CC[C@]4(C)[C@H]3CC[C@]12C.CN1[C@@H]2CC[C@H]1C[C@@H](OC(=O)C(CO)c1ccccc1)C2. The molecule has 1 aromatic rings. The number of carbonyl (C=O) groups is 1. The maximum Gasteiger partial charge on any atom is 0.316 e. The second-order valence-electron chi connectivity index (χ2n) is 18.4. The number of aliphatic hydroxyl groups is 2. The van der Waals surface area contributed by atoms with Gasteiger partial charge in [-0.1, -0.05) is 95.9 Å². The standard InChI is InChI=1S/C27H46O.C17H23NO3/c1-18(2)7-6-8-19(3)23-11-12-24-22-10-9-20-17-21(28)13-15-26(20,4)25(22)14-16-27(23,24)5;1-18-13-7-8-14(18)10-15(9-13)21-17(20)16(11-19)12-5-3-2-4-6-12/h9,18-19,21-25,28H,6-8,10-17H2,1-5H3;2-6,13-16,19H,7-11H2,1H3/t19-,21+,22+,23-,24+,25+,26+,27-;13-,14+,15+,16?/m1./s1. The molecule has 2 N–H and O–H groups in total. The van der Waals surface area contributed by atoms with Gasteiger partial charge in [0.2, 0.25) is 0 Å². The molecule has 1 aromatic carbocycles. The van der Waals surface area contributed by atoms with Crippen LogP contribution in [0, 0.1) is 46.3 Å². The van der Waals surface area contributed by atoms with Gasteiger partial charge in [-0.2, -0.15) is 0 Å². The molecule has 12 atom stereocenters. The van der Waals surface area contributed by atoms with Gasteiger partial charge in [0.15, 0.2) is 0 Å². The molecule has 0 amide bonds. The van der Waals surface area contributed by atoms with Crippen LogP contribution in [0.2, 0.25) is 0 Å². The summed E-state index contributed by atoms with van der Waals surface area (Å²) >= 11 is 0. The number of piperidine rings is 1. The highest BCUT2D eigenvalue weighted by molar-refractivity contribution is 5.78. The highest BCUT2D eigenvalue weighted by Crippen LogP contribution is 2.67. The first-order valence-electron chi connectivity index (χ1n) is 20.4. The highest BCUT2D eigenvalue weighted by atomic mass is 16.5. The van der Waals surface area contributed by atoms with Crippen molar-refractivity contribution >= 4 is 5.97 Å². The molecule has 1 unspecified atom stereocenters. The van der Waals surface area contributed by atoms with Crippen molar-refractivity contribution in [2.24, 2.45) is 46.3 Å². The summed E-state index contributed by atoms with van der Waals surface area (Å²) in [5, 5.41) is 19.7. The first-order chi connectivity index (χ1) is 23.4. The number of hydrogen-bond donors (Lipinski definition) is 2. The Hall–Kier alpha value is -1.69. The number of fused-ring (bicyclic) bond motifs is 7. The lowest BCUT2D eigenvalue weighted by atomic mass is 9.47. The van der Waals surface area contributed by atoms with Crippen LogP contribution in [0.1, 0.15) is 142 Å². The number of nitrogens with zero attached hydrogens (tertiary/aromatic N) is 1. The molecule has 2 bridgehead atoms. The number of benzene rings is 1. The third kappa shape index (κ3) is 7.61. The molecule has 2 aliphatic heterocycles. The van der Waals surface area contributed by atoms with Crippen molar-refractivity contribution in [3.63, 3.8) is 0 Å². The first-order valence-corrected chi connectivity index (χ1v) is 20.4. The maximum atomic E-state index is 12.4. The molecule has 5 heteroatoms. The Morgan fingerprint density at radius 2 is 1.65 bits per heavy atom. The Morgan fingerprint density at radius 1 is 0.939 bits per heavy atom. The van der Waals surface area contributed by atoms with Crippen molar-refractivity contribution < 1.29 is 19.7 Å². The van der Waals surface area contributed by atoms with E-state index in [1.165, 1.54) is 70.6 Å². The smallest absolute Gasteiger partial charge is 0.316 e. The van der Waals surface area contributed by atoms with E-state index in [0.717, 1.165) is 66.8 Å². The minimum absolute atomic E-state index is 0.00367. The predicted molar refractivity (Wildman–Crippen MR) is 199 cm³/mol. The van der Waals surface area contributed by atoms with E-state index in [2.05, 4.69) is 52.6 Å². The normalized spacial score (nSPS) is 39.5. The minimum Gasteiger partial charge on any atom is -0.462 e. The predicted octanol–water partition coefficient (Wildman–Crippen LogP) is 9.32. The van der Waals surface area contributed by atoms with E-state index >= 15 is 0 Å². The molecule has 3 saturated carbocycles. The molecule has 2 saturated heterocycles. The van der Waals surface area contributed by atoms with E-state index in [9.17, 15) is 15.0 Å². The summed E-state index contributed by atoms with van der Waals surface area (Å²) in [5.74, 6) is 4.60. The lowest BCUT2D eigenvalue weighted by Crippen LogP contribution is -2.50. The second-order valence-corrected chi connectivity index (χ2v) is 18.4. The van der Waals surface area contributed by atoms with Crippen LogP contribution in [0.5, 0.6) is 0 Å². The van der Waals surface area contributed by atoms with Crippen molar-refractivity contribution in [3.05, 3.63) is 47.5 Å². The van der Waals surface area contributed by atoms with Gasteiger partial charge in [0.1, 0.15) is 12.0 Å². The van der Waals surface area contributed by atoms with Gasteiger partial charge in [-0.3, -0.25) is 4.79 Å². The van der Waals surface area contributed by atoms with Crippen LogP contribution < -0.4 is 0 Å². The monoisotopic (exact) mass is 676 g/mol. The molecule has 0 radical (unpaired) electrons. The molecule has 5 nitrogen and oxygen atoms in total. The Morgan fingerprint density at radius 3 is 2.33 bits per heavy atom. The van der Waals surface area contributed by atoms with E-state index in [-0.39, 0.29) is 24.8 Å². The van der Waals surface area contributed by atoms with E-state index in [0.29, 0.717) is 22.9 Å². The zero-order valence-electron chi connectivity index (χ0n) is 31.8. The number of ether oxygens (including phenoxy) is 1. The van der Waals surface area contributed by atoms with Gasteiger partial charge in [-0.05, 0) is 136 Å². The fourth-order valence-corrected chi connectivity index (χ4v) is 12.4. The highest BCUT2D eigenvalue weighted by Gasteiger charge is 2.59. The molecule has 274 valence electrons. The van der Waals surface area contributed by atoms with E-state index in [4.69, 9.17) is 4.74 Å². The van der Waals surface area contributed by atoms with Crippen LogP contribution in [-0.4, -0.2) is 59.0 Å². The van der Waals surface area contributed by atoms with Gasteiger partial charge in [0.25, 0.3) is 0 Å². The molecular weight excluding hydrogens is 606 g/mol. The Bertz CT molecular complexity index is 1260. The van der Waals surface area contributed by atoms with Crippen LogP contribution in [0.15, 0.2) is 42.0 Å². The number of aliphatic hydroxyl groups excluding tert-OH is 2. The topological polar surface area (TPSA) is 70.0 Å². The summed E-state index contributed by atoms with van der Waals surface area (Å²) in [6.45, 7) is 12.4. The van der Waals surface area contributed by atoms with Crippen molar-refractivity contribution in [2.45, 2.75) is 161 Å². The maximum absolute atomic E-state index is 12.4. The molecular formula is C44H69NO4. The summed E-state index contributed by atoms with van der Waals surface area (Å²) in [7, 11) is 2.17. The number of rotatable bonds is 9. The number of hydrogen-bond acceptors (Lipinski definition) is 5. The van der Waals surface area contributed by atoms with Crippen molar-refractivity contribution in [1.29, 1.82) is 0 Å². The molecule has 2 heterocycles. The zero-order valence-corrected chi connectivity index (χ0v) is 31.8. The summed E-state index contributed by atoms with van der Waals surface area (Å²) < 4.78 is 5.70. The van der Waals surface area contributed by atoms with E-state index in [1.807, 2.05) is 30.3 Å². The molecule has 5 fully saturated rings. The van der Waals surface area contributed by atoms with Gasteiger partial charge < -0.3 is 19.8 Å². The van der Waals surface area contributed by atoms with Gasteiger partial charge in [0, 0.05) is 12.1 Å². The van der Waals surface area contributed by atoms with Crippen LogP contribution in [0.25, 0.3) is 0 Å². The second kappa shape index (κ2) is 15.5. The third-order valence-corrected chi connectivity index (χ3v) is 15.3. The average Bonchev–Trinajstić information content (AvgIpc) is 3.51. The molecule has 0 aromatic heterocycles. The molecule has 4 aliphatic carbocycles. The van der Waals surface area contributed by atoms with Crippen LogP contribution in [0.4, 0.5) is 0 Å². The van der Waals surface area contributed by atoms with E-state index in [1.54, 1.807) is 5.57 Å². The molecule has 49 heavy (non-hydrogen) atoms. The number of allylic oxidation sites excluding steroid dienone is 1. The van der Waals surface area contributed by atoms with E-state index < -0.39 is 5.92 Å². The van der Waals surface area contributed by atoms with Crippen molar-refractivity contribution in [1.82, 2.24) is 4.90 Å². The number of esters is 1. The summed E-state index contributed by atoms with van der Waals surface area (Å²) in [6, 6.07) is 10.5. The quantitative estimate of drug-likeness (QED) is 0.202. The van der Waals surface area contributed by atoms with Crippen LogP contribution >= 0.6 is 0 Å². The lowest BCUT2D eigenvalue weighted by Gasteiger charge is -2.58. The lowest BCUT2D eigenvalue weighted by molar-refractivity contribution is -0.155. The van der Waals surface area contributed by atoms with Gasteiger partial charge in [-0.25, -0.2) is 0 Å². The molecule has 7 rings (SSSR count). The summed E-state index contributed by atoms with van der Waals surface area (Å²) in [6.07, 6.45) is 21.4. The van der Waals surface area contributed by atoms with Gasteiger partial charge in [0.05, 0.1) is 12.7 Å². The fraction of sp³-hybridized carbons (Fsp3) is 0.795. The number of carbonyl (C=O) groups excluding carboxylic acids is 1. The van der Waals surface area contributed by atoms with Crippen molar-refractivity contribution in [3.8, 4) is 0 Å². The Balaban J connectivity index is 0.000000177. The Labute approximate surface area is 298 Å². The molecule has 0 spiro atoms. The Kier molecular flexibility index (Phi) is 11.7. The minimum atomic E-state index is -0.566. The fourth-order valence-electron chi connectivity index (χ4n) is 12.4. The largest absolute Gasteiger partial charge is 0.462 e. The average molecular weight is 676 g/mol. The third-order valence-electron chi connectivity index (χ3n) is 15.3. The molecule has 6 aliphatic rings. The van der Waals surface area contributed by atoms with Crippen LogP contribution in [0.3, 0.4) is 0 Å². The first kappa shape index (κ1) is 37.1.